The van der Waals surface area contributed by atoms with Gasteiger partial charge in [-0.15, -0.1) is 0 Å². The minimum absolute atomic E-state index is 0.181. The summed E-state index contributed by atoms with van der Waals surface area (Å²) in [5, 5.41) is 19.9. The van der Waals surface area contributed by atoms with Crippen LogP contribution in [0, 0.1) is 5.82 Å². The monoisotopic (exact) mass is 230 g/mol. The third kappa shape index (κ3) is 2.53. The van der Waals surface area contributed by atoms with Gasteiger partial charge in [0.15, 0.2) is 16.7 Å². The number of phenolic OH excluding ortho intramolecular Hbond substituents is 1. The fourth-order valence-corrected chi connectivity index (χ4v) is 1.06. The van der Waals surface area contributed by atoms with Crippen LogP contribution in [0.1, 0.15) is 10.4 Å². The van der Waals surface area contributed by atoms with E-state index in [9.17, 15) is 14.3 Å². The minimum atomic E-state index is -1.32. The highest BCUT2D eigenvalue weighted by molar-refractivity contribution is 7.80. The van der Waals surface area contributed by atoms with Gasteiger partial charge in [-0.05, 0) is 24.4 Å². The molecule has 5 N–H and O–H groups in total. The van der Waals surface area contributed by atoms with Gasteiger partial charge in [-0.3, -0.25) is 0 Å². The molecule has 1 aromatic rings. The number of hydrogen-bond acceptors (Lipinski definition) is 3. The van der Waals surface area contributed by atoms with Crippen molar-refractivity contribution in [3.05, 3.63) is 23.5 Å². The van der Waals surface area contributed by atoms with Crippen LogP contribution in [-0.2, 0) is 0 Å². The van der Waals surface area contributed by atoms with Gasteiger partial charge in [-0.25, -0.2) is 9.18 Å². The van der Waals surface area contributed by atoms with Crippen molar-refractivity contribution in [2.45, 2.75) is 0 Å². The number of hydrogen-bond donors (Lipinski definition) is 4. The van der Waals surface area contributed by atoms with Crippen molar-refractivity contribution in [2.75, 3.05) is 5.32 Å². The maximum Gasteiger partial charge on any atom is 0.335 e. The number of aromatic hydroxyl groups is 1. The summed E-state index contributed by atoms with van der Waals surface area (Å²) in [5.41, 5.74) is 4.61. The van der Waals surface area contributed by atoms with Crippen LogP contribution in [-0.4, -0.2) is 21.3 Å². The van der Waals surface area contributed by atoms with E-state index >= 15 is 0 Å². The van der Waals surface area contributed by atoms with Crippen molar-refractivity contribution in [2.24, 2.45) is 5.73 Å². The van der Waals surface area contributed by atoms with Gasteiger partial charge in [0.25, 0.3) is 0 Å². The van der Waals surface area contributed by atoms with Crippen LogP contribution in [0.3, 0.4) is 0 Å². The highest BCUT2D eigenvalue weighted by Crippen LogP contribution is 2.27. The SMILES string of the molecule is NC(=S)Nc1cc(C(=O)O)cc(F)c1O. The molecule has 0 spiro atoms. The predicted octanol–water partition coefficient (Wildman–Crippen LogP) is 0.885. The van der Waals surface area contributed by atoms with Crippen molar-refractivity contribution in [3.63, 3.8) is 0 Å². The number of rotatable bonds is 2. The first-order chi connectivity index (χ1) is 6.91. The molecule has 0 fully saturated rings. The van der Waals surface area contributed by atoms with Crippen LogP contribution >= 0.6 is 12.2 Å². The molecule has 7 heteroatoms. The Morgan fingerprint density at radius 3 is 2.60 bits per heavy atom. The molecule has 1 rings (SSSR count). The fraction of sp³-hybridized carbons (Fsp3) is 0. The van der Waals surface area contributed by atoms with E-state index in [-0.39, 0.29) is 16.4 Å². The van der Waals surface area contributed by atoms with E-state index < -0.39 is 17.5 Å². The number of carboxylic acid groups (broad SMARTS) is 1. The lowest BCUT2D eigenvalue weighted by Gasteiger charge is -2.08. The van der Waals surface area contributed by atoms with Crippen LogP contribution in [0.25, 0.3) is 0 Å². The van der Waals surface area contributed by atoms with E-state index in [1.54, 1.807) is 0 Å². The van der Waals surface area contributed by atoms with Gasteiger partial charge in [-0.2, -0.15) is 0 Å². The summed E-state index contributed by atoms with van der Waals surface area (Å²) in [4.78, 5) is 10.6. The second-order valence-corrected chi connectivity index (χ2v) is 3.09. The average molecular weight is 230 g/mol. The average Bonchev–Trinajstić information content (AvgIpc) is 2.11. The fourth-order valence-electron chi connectivity index (χ4n) is 0.951. The number of aromatic carboxylic acids is 1. The number of nitrogens with two attached hydrogens (primary N) is 1. The van der Waals surface area contributed by atoms with Gasteiger partial charge in [0.05, 0.1) is 11.3 Å². The zero-order valence-electron chi connectivity index (χ0n) is 7.32. The summed E-state index contributed by atoms with van der Waals surface area (Å²) >= 11 is 4.48. The maximum absolute atomic E-state index is 13.0. The van der Waals surface area contributed by atoms with Crippen LogP contribution in [0.15, 0.2) is 12.1 Å². The Bertz CT molecular complexity index is 436. The van der Waals surface area contributed by atoms with Crippen LogP contribution < -0.4 is 11.1 Å². The minimum Gasteiger partial charge on any atom is -0.503 e. The summed E-state index contributed by atoms with van der Waals surface area (Å²) in [6.07, 6.45) is 0. The highest BCUT2D eigenvalue weighted by Gasteiger charge is 2.13. The number of thiocarbonyl (C=S) groups is 1. The van der Waals surface area contributed by atoms with Gasteiger partial charge in [0, 0.05) is 0 Å². The highest BCUT2D eigenvalue weighted by atomic mass is 32.1. The largest absolute Gasteiger partial charge is 0.503 e. The molecule has 0 heterocycles. The van der Waals surface area contributed by atoms with Crippen molar-refractivity contribution >= 4 is 29.0 Å². The normalized spacial score (nSPS) is 9.67. The molecule has 0 saturated carbocycles. The Morgan fingerprint density at radius 2 is 2.13 bits per heavy atom. The first-order valence-electron chi connectivity index (χ1n) is 3.74. The third-order valence-corrected chi connectivity index (χ3v) is 1.67. The Balaban J connectivity index is 3.24. The van der Waals surface area contributed by atoms with Gasteiger partial charge in [0.2, 0.25) is 0 Å². The molecule has 15 heavy (non-hydrogen) atoms. The lowest BCUT2D eigenvalue weighted by molar-refractivity contribution is 0.0696. The van der Waals surface area contributed by atoms with Gasteiger partial charge in [-0.1, -0.05) is 0 Å². The van der Waals surface area contributed by atoms with E-state index in [2.05, 4.69) is 17.5 Å². The standard InChI is InChI=1S/C8H7FN2O3S/c9-4-1-3(7(13)14)2-5(6(4)12)11-8(10)15/h1-2,12H,(H,13,14)(H3,10,11,15). The number of phenols is 1. The summed E-state index contributed by atoms with van der Waals surface area (Å²) in [6.45, 7) is 0. The molecule has 1 aromatic carbocycles. The molecule has 0 unspecified atom stereocenters. The Morgan fingerprint density at radius 1 is 1.53 bits per heavy atom. The van der Waals surface area contributed by atoms with E-state index in [0.29, 0.717) is 6.07 Å². The number of benzene rings is 1. The molecule has 0 aliphatic heterocycles. The van der Waals surface area contributed by atoms with Crippen LogP contribution in [0.4, 0.5) is 10.1 Å². The lowest BCUT2D eigenvalue weighted by Crippen LogP contribution is -2.19. The van der Waals surface area contributed by atoms with Crippen molar-refractivity contribution in [1.29, 1.82) is 0 Å². The summed E-state index contributed by atoms with van der Waals surface area (Å²) in [5.74, 6) is -3.11. The van der Waals surface area contributed by atoms with Gasteiger partial charge < -0.3 is 21.3 Å². The van der Waals surface area contributed by atoms with Crippen LogP contribution in [0.2, 0.25) is 0 Å². The molecular formula is C8H7FN2O3S. The zero-order chi connectivity index (χ0) is 11.6. The first kappa shape index (κ1) is 11.2. The number of halogens is 1. The zero-order valence-corrected chi connectivity index (χ0v) is 8.14. The van der Waals surface area contributed by atoms with E-state index in [1.807, 2.05) is 0 Å². The summed E-state index contributed by atoms with van der Waals surface area (Å²) in [7, 11) is 0. The molecule has 0 aliphatic rings. The topological polar surface area (TPSA) is 95.6 Å². The Kier molecular flexibility index (Phi) is 3.05. The molecule has 80 valence electrons. The van der Waals surface area contributed by atoms with Gasteiger partial charge >= 0.3 is 5.97 Å². The molecule has 0 saturated heterocycles. The quantitative estimate of drug-likeness (QED) is 0.445. The van der Waals surface area contributed by atoms with Gasteiger partial charge in [0.1, 0.15) is 0 Å². The van der Waals surface area contributed by atoms with Crippen LogP contribution in [0.5, 0.6) is 5.75 Å². The van der Waals surface area contributed by atoms with E-state index in [0.717, 1.165) is 6.07 Å². The first-order valence-corrected chi connectivity index (χ1v) is 4.15. The molecule has 0 radical (unpaired) electrons. The number of carbonyl (C=O) groups is 1. The second kappa shape index (κ2) is 4.09. The van der Waals surface area contributed by atoms with Crippen molar-refractivity contribution in [1.82, 2.24) is 0 Å². The van der Waals surface area contributed by atoms with E-state index in [4.69, 9.17) is 10.8 Å². The summed E-state index contributed by atoms with van der Waals surface area (Å²) in [6, 6.07) is 1.72. The number of anilines is 1. The second-order valence-electron chi connectivity index (χ2n) is 2.65. The third-order valence-electron chi connectivity index (χ3n) is 1.57. The Hall–Kier alpha value is -1.89. The number of carboxylic acids is 1. The smallest absolute Gasteiger partial charge is 0.335 e. The van der Waals surface area contributed by atoms with E-state index in [1.165, 1.54) is 0 Å². The molecular weight excluding hydrogens is 223 g/mol. The van der Waals surface area contributed by atoms with Crippen molar-refractivity contribution in [3.8, 4) is 5.75 Å². The molecule has 0 bridgehead atoms. The molecule has 0 aromatic heterocycles. The predicted molar refractivity (Wildman–Crippen MR) is 55.4 cm³/mol. The number of nitrogens with one attached hydrogen (secondary N) is 1. The summed E-state index contributed by atoms with van der Waals surface area (Å²) < 4.78 is 13.0. The maximum atomic E-state index is 13.0. The molecule has 0 aliphatic carbocycles. The Labute approximate surface area is 89.3 Å². The lowest BCUT2D eigenvalue weighted by atomic mass is 10.2. The van der Waals surface area contributed by atoms with Crippen molar-refractivity contribution < 1.29 is 19.4 Å². The molecule has 0 atom stereocenters. The molecule has 0 amide bonds. The molecule has 5 nitrogen and oxygen atoms in total.